The molecule has 0 bridgehead atoms. The Labute approximate surface area is 80.3 Å². The number of aryl methyl sites for hydroxylation is 1. The van der Waals surface area contributed by atoms with Crippen molar-refractivity contribution in [3.63, 3.8) is 0 Å². The predicted octanol–water partition coefficient (Wildman–Crippen LogP) is 2.75. The molecule has 1 heteroatoms. The molecule has 0 radical (unpaired) electrons. The van der Waals surface area contributed by atoms with Gasteiger partial charge in [-0.15, -0.1) is 0 Å². The molecule has 0 saturated heterocycles. The van der Waals surface area contributed by atoms with E-state index in [1.165, 1.54) is 16.7 Å². The van der Waals surface area contributed by atoms with Gasteiger partial charge in [0.1, 0.15) is 0 Å². The molecule has 0 fully saturated rings. The number of hydrogen-bond acceptors (Lipinski definition) is 1. The van der Waals surface area contributed by atoms with Crippen LogP contribution in [0.1, 0.15) is 24.5 Å². The first kappa shape index (κ1) is 10.0. The van der Waals surface area contributed by atoms with Gasteiger partial charge in [-0.3, -0.25) is 0 Å². The monoisotopic (exact) mass is 175 g/mol. The quantitative estimate of drug-likeness (QED) is 0.751. The Morgan fingerprint density at radius 1 is 1.38 bits per heavy atom. The van der Waals surface area contributed by atoms with Crippen LogP contribution < -0.4 is 5.73 Å². The first-order chi connectivity index (χ1) is 6.25. The second-order valence-electron chi connectivity index (χ2n) is 3.28. The summed E-state index contributed by atoms with van der Waals surface area (Å²) in [7, 11) is 0. The molecule has 1 nitrogen and oxygen atoms in total. The van der Waals surface area contributed by atoms with Gasteiger partial charge in [0.2, 0.25) is 0 Å². The van der Waals surface area contributed by atoms with Crippen LogP contribution >= 0.6 is 0 Å². The average molecular weight is 175 g/mol. The largest absolute Gasteiger partial charge is 0.330 e. The zero-order chi connectivity index (χ0) is 9.68. The number of nitrogens with two attached hydrogens (primary N) is 1. The Morgan fingerprint density at radius 3 is 2.69 bits per heavy atom. The second kappa shape index (κ2) is 4.83. The van der Waals surface area contributed by atoms with E-state index >= 15 is 0 Å². The summed E-state index contributed by atoms with van der Waals surface area (Å²) in [6.45, 7) is 5.00. The Hall–Kier alpha value is -1.08. The summed E-state index contributed by atoms with van der Waals surface area (Å²) in [4.78, 5) is 0. The van der Waals surface area contributed by atoms with Gasteiger partial charge in [0.25, 0.3) is 0 Å². The van der Waals surface area contributed by atoms with Crippen LogP contribution in [-0.2, 0) is 0 Å². The van der Waals surface area contributed by atoms with Crippen molar-refractivity contribution >= 4 is 5.57 Å². The highest BCUT2D eigenvalue weighted by atomic mass is 14.5. The minimum Gasteiger partial charge on any atom is -0.330 e. The summed E-state index contributed by atoms with van der Waals surface area (Å²) in [6, 6.07) is 8.42. The molecule has 0 atom stereocenters. The molecule has 0 aliphatic heterocycles. The van der Waals surface area contributed by atoms with Crippen LogP contribution in [0.25, 0.3) is 5.57 Å². The molecule has 0 heterocycles. The van der Waals surface area contributed by atoms with Gasteiger partial charge in [-0.1, -0.05) is 30.3 Å². The lowest BCUT2D eigenvalue weighted by Crippen LogP contribution is -1.96. The topological polar surface area (TPSA) is 26.0 Å². The van der Waals surface area contributed by atoms with Crippen molar-refractivity contribution in [2.45, 2.75) is 20.3 Å². The van der Waals surface area contributed by atoms with Crippen LogP contribution in [-0.4, -0.2) is 6.54 Å². The van der Waals surface area contributed by atoms with Gasteiger partial charge in [-0.05, 0) is 43.5 Å². The molecule has 0 amide bonds. The van der Waals surface area contributed by atoms with Gasteiger partial charge in [-0.25, -0.2) is 0 Å². The number of benzene rings is 1. The summed E-state index contributed by atoms with van der Waals surface area (Å²) >= 11 is 0. The first-order valence-electron chi connectivity index (χ1n) is 4.68. The fourth-order valence-electron chi connectivity index (χ4n) is 1.43. The normalized spacial score (nSPS) is 11.8. The van der Waals surface area contributed by atoms with E-state index in [-0.39, 0.29) is 0 Å². The smallest absolute Gasteiger partial charge is 0.00424 e. The maximum atomic E-state index is 5.45. The van der Waals surface area contributed by atoms with Crippen molar-refractivity contribution in [1.82, 2.24) is 0 Å². The lowest BCUT2D eigenvalue weighted by molar-refractivity contribution is 1.01. The third kappa shape index (κ3) is 2.71. The third-order valence-corrected chi connectivity index (χ3v) is 2.19. The van der Waals surface area contributed by atoms with Crippen LogP contribution in [0.15, 0.2) is 30.3 Å². The molecule has 0 aliphatic carbocycles. The standard InChI is InChI=1S/C12H17N/c1-10-6-3-4-8-12(10)11(2)7-5-9-13/h3-4,6-8H,5,9,13H2,1-2H3/b11-7+. The van der Waals surface area contributed by atoms with E-state index in [0.717, 1.165) is 13.0 Å². The Kier molecular flexibility index (Phi) is 3.71. The molecule has 0 spiro atoms. The lowest BCUT2D eigenvalue weighted by atomic mass is 10.0. The van der Waals surface area contributed by atoms with E-state index in [1.807, 2.05) is 0 Å². The zero-order valence-corrected chi connectivity index (χ0v) is 8.38. The minimum atomic E-state index is 0.725. The van der Waals surface area contributed by atoms with Crippen molar-refractivity contribution in [2.75, 3.05) is 6.54 Å². The average Bonchev–Trinajstić information content (AvgIpc) is 2.15. The number of rotatable bonds is 3. The highest BCUT2D eigenvalue weighted by molar-refractivity contribution is 5.66. The predicted molar refractivity (Wildman–Crippen MR) is 58.5 cm³/mol. The summed E-state index contributed by atoms with van der Waals surface area (Å²) in [5, 5.41) is 0. The molecule has 1 rings (SSSR count). The minimum absolute atomic E-state index is 0.725. The van der Waals surface area contributed by atoms with Gasteiger partial charge < -0.3 is 5.73 Å². The van der Waals surface area contributed by atoms with Crippen molar-refractivity contribution in [3.8, 4) is 0 Å². The highest BCUT2D eigenvalue weighted by Crippen LogP contribution is 2.17. The molecule has 13 heavy (non-hydrogen) atoms. The summed E-state index contributed by atoms with van der Waals surface area (Å²) < 4.78 is 0. The number of allylic oxidation sites excluding steroid dienone is 1. The SMILES string of the molecule is C/C(=C\CCN)c1ccccc1C. The van der Waals surface area contributed by atoms with Gasteiger partial charge in [0.05, 0.1) is 0 Å². The molecule has 1 aromatic carbocycles. The van der Waals surface area contributed by atoms with Crippen LogP contribution in [0.5, 0.6) is 0 Å². The van der Waals surface area contributed by atoms with Crippen molar-refractivity contribution in [1.29, 1.82) is 0 Å². The van der Waals surface area contributed by atoms with Crippen LogP contribution in [0, 0.1) is 6.92 Å². The molecule has 70 valence electrons. The molecule has 0 unspecified atom stereocenters. The van der Waals surface area contributed by atoms with Crippen LogP contribution in [0.4, 0.5) is 0 Å². The molecule has 2 N–H and O–H groups in total. The summed E-state index contributed by atoms with van der Waals surface area (Å²) in [5.41, 5.74) is 9.43. The van der Waals surface area contributed by atoms with E-state index in [4.69, 9.17) is 5.73 Å². The van der Waals surface area contributed by atoms with Gasteiger partial charge in [0.15, 0.2) is 0 Å². The second-order valence-corrected chi connectivity index (χ2v) is 3.28. The number of hydrogen-bond donors (Lipinski definition) is 1. The molecule has 1 aromatic rings. The molecule has 0 saturated carbocycles. The van der Waals surface area contributed by atoms with E-state index in [2.05, 4.69) is 44.2 Å². The van der Waals surface area contributed by atoms with Gasteiger partial charge >= 0.3 is 0 Å². The van der Waals surface area contributed by atoms with Gasteiger partial charge in [-0.2, -0.15) is 0 Å². The van der Waals surface area contributed by atoms with E-state index in [0.29, 0.717) is 0 Å². The van der Waals surface area contributed by atoms with Crippen LogP contribution in [0.3, 0.4) is 0 Å². The molecule has 0 aliphatic rings. The van der Waals surface area contributed by atoms with Crippen molar-refractivity contribution in [2.24, 2.45) is 5.73 Å². The van der Waals surface area contributed by atoms with E-state index in [1.54, 1.807) is 0 Å². The summed E-state index contributed by atoms with van der Waals surface area (Å²) in [5.74, 6) is 0. The highest BCUT2D eigenvalue weighted by Gasteiger charge is 1.97. The summed E-state index contributed by atoms with van der Waals surface area (Å²) in [6.07, 6.45) is 3.16. The van der Waals surface area contributed by atoms with E-state index < -0.39 is 0 Å². The molecular formula is C12H17N. The third-order valence-electron chi connectivity index (χ3n) is 2.19. The molecular weight excluding hydrogens is 158 g/mol. The van der Waals surface area contributed by atoms with Crippen molar-refractivity contribution in [3.05, 3.63) is 41.5 Å². The van der Waals surface area contributed by atoms with Gasteiger partial charge in [0, 0.05) is 0 Å². The fourth-order valence-corrected chi connectivity index (χ4v) is 1.43. The Morgan fingerprint density at radius 2 is 2.08 bits per heavy atom. The van der Waals surface area contributed by atoms with Crippen molar-refractivity contribution < 1.29 is 0 Å². The van der Waals surface area contributed by atoms with Crippen LogP contribution in [0.2, 0.25) is 0 Å². The maximum Gasteiger partial charge on any atom is -0.00424 e. The zero-order valence-electron chi connectivity index (χ0n) is 8.38. The first-order valence-corrected chi connectivity index (χ1v) is 4.68. The maximum absolute atomic E-state index is 5.45. The molecule has 0 aromatic heterocycles. The Balaban J connectivity index is 2.88. The lowest BCUT2D eigenvalue weighted by Gasteiger charge is -2.05. The van der Waals surface area contributed by atoms with E-state index in [9.17, 15) is 0 Å². The fraction of sp³-hybridized carbons (Fsp3) is 0.333. The Bertz CT molecular complexity index is 300.